The van der Waals surface area contributed by atoms with Crippen molar-refractivity contribution in [3.05, 3.63) is 21.9 Å². The third-order valence-corrected chi connectivity index (χ3v) is 3.41. The van der Waals surface area contributed by atoms with Crippen LogP contribution in [0.15, 0.2) is 6.07 Å². The fraction of sp³-hybridized carbons (Fsp3) is 0.500. The Kier molecular flexibility index (Phi) is 3.42. The quantitative estimate of drug-likeness (QED) is 0.810. The zero-order valence-electron chi connectivity index (χ0n) is 8.89. The predicted molar refractivity (Wildman–Crippen MR) is 64.2 cm³/mol. The number of H-pyrrole nitrogens is 1. The van der Waals surface area contributed by atoms with Gasteiger partial charge in [0, 0.05) is 25.7 Å². The molecule has 0 radical (unpaired) electrons. The lowest BCUT2D eigenvalue weighted by atomic mass is 10.2. The number of amides is 1. The molecule has 88 valence electrons. The van der Waals surface area contributed by atoms with E-state index >= 15 is 0 Å². The third kappa shape index (κ3) is 2.19. The number of hydrogen-bond donors (Lipinski definition) is 2. The first-order valence-corrected chi connectivity index (χ1v) is 5.91. The van der Waals surface area contributed by atoms with Gasteiger partial charge < -0.3 is 15.2 Å². The summed E-state index contributed by atoms with van der Waals surface area (Å²) in [6, 6.07) is 1.75. The second-order valence-corrected chi connectivity index (χ2v) is 4.68. The normalized spacial score (nSPS) is 21.2. The van der Waals surface area contributed by atoms with Gasteiger partial charge in [-0.1, -0.05) is 23.2 Å². The Balaban J connectivity index is 2.17. The molecule has 16 heavy (non-hydrogen) atoms. The fourth-order valence-corrected chi connectivity index (χ4v) is 2.13. The lowest BCUT2D eigenvalue weighted by Crippen LogP contribution is -2.52. The summed E-state index contributed by atoms with van der Waals surface area (Å²) in [6.07, 6.45) is 0. The highest BCUT2D eigenvalue weighted by molar-refractivity contribution is 6.41. The fourth-order valence-electron chi connectivity index (χ4n) is 1.82. The molecule has 1 aromatic rings. The minimum atomic E-state index is -0.0530. The standard InChI is InChI=1S/C10H13Cl2N3O/c1-6-5-13-2-3-15(6)10(16)8-4-7(11)9(12)14-8/h4,6,13-14H,2-3,5H2,1H3/t6-/m0/s1. The molecule has 2 rings (SSSR count). The number of aromatic amines is 1. The molecule has 0 unspecified atom stereocenters. The third-order valence-electron chi connectivity index (χ3n) is 2.72. The van der Waals surface area contributed by atoms with Crippen molar-refractivity contribution in [1.82, 2.24) is 15.2 Å². The first-order chi connectivity index (χ1) is 7.59. The van der Waals surface area contributed by atoms with Crippen LogP contribution in [0.5, 0.6) is 0 Å². The van der Waals surface area contributed by atoms with Crippen molar-refractivity contribution in [3.8, 4) is 0 Å². The van der Waals surface area contributed by atoms with Crippen LogP contribution >= 0.6 is 23.2 Å². The van der Waals surface area contributed by atoms with Gasteiger partial charge in [-0.05, 0) is 13.0 Å². The SMILES string of the molecule is C[C@H]1CNCCN1C(=O)c1cc(Cl)c(Cl)[nH]1. The maximum Gasteiger partial charge on any atom is 0.270 e. The molecule has 1 fully saturated rings. The molecule has 1 amide bonds. The summed E-state index contributed by atoms with van der Waals surface area (Å²) < 4.78 is 0. The highest BCUT2D eigenvalue weighted by Crippen LogP contribution is 2.23. The Morgan fingerprint density at radius 3 is 2.88 bits per heavy atom. The topological polar surface area (TPSA) is 48.1 Å². The van der Waals surface area contributed by atoms with Gasteiger partial charge in [-0.2, -0.15) is 0 Å². The van der Waals surface area contributed by atoms with Crippen LogP contribution in [0.2, 0.25) is 10.2 Å². The van der Waals surface area contributed by atoms with Gasteiger partial charge in [0.2, 0.25) is 0 Å². The van der Waals surface area contributed by atoms with E-state index in [0.717, 1.165) is 13.1 Å². The summed E-state index contributed by atoms with van der Waals surface area (Å²) in [4.78, 5) is 16.7. The number of carbonyl (C=O) groups is 1. The van der Waals surface area contributed by atoms with E-state index in [9.17, 15) is 4.79 Å². The molecule has 2 N–H and O–H groups in total. The molecule has 1 saturated heterocycles. The highest BCUT2D eigenvalue weighted by atomic mass is 35.5. The molecule has 0 aliphatic carbocycles. The zero-order chi connectivity index (χ0) is 11.7. The number of aromatic nitrogens is 1. The molecule has 0 spiro atoms. The Hall–Kier alpha value is -0.710. The van der Waals surface area contributed by atoms with Crippen LogP contribution < -0.4 is 5.32 Å². The number of carbonyl (C=O) groups excluding carboxylic acids is 1. The summed E-state index contributed by atoms with van der Waals surface area (Å²) in [5, 5.41) is 3.93. The maximum absolute atomic E-state index is 12.1. The van der Waals surface area contributed by atoms with E-state index in [1.807, 2.05) is 11.8 Å². The molecule has 1 atom stereocenters. The van der Waals surface area contributed by atoms with Crippen molar-refractivity contribution >= 4 is 29.1 Å². The Bertz CT molecular complexity index is 385. The van der Waals surface area contributed by atoms with Gasteiger partial charge in [0.15, 0.2) is 0 Å². The first-order valence-electron chi connectivity index (χ1n) is 5.15. The molecule has 1 aliphatic heterocycles. The van der Waals surface area contributed by atoms with Crippen molar-refractivity contribution in [2.24, 2.45) is 0 Å². The van der Waals surface area contributed by atoms with E-state index in [4.69, 9.17) is 23.2 Å². The van der Waals surface area contributed by atoms with Gasteiger partial charge in [-0.3, -0.25) is 4.79 Å². The van der Waals surface area contributed by atoms with Crippen molar-refractivity contribution < 1.29 is 4.79 Å². The van der Waals surface area contributed by atoms with Crippen molar-refractivity contribution in [2.75, 3.05) is 19.6 Å². The van der Waals surface area contributed by atoms with Gasteiger partial charge in [-0.25, -0.2) is 0 Å². The Morgan fingerprint density at radius 1 is 1.56 bits per heavy atom. The molecule has 4 nitrogen and oxygen atoms in total. The molecule has 1 aliphatic rings. The van der Waals surface area contributed by atoms with Crippen LogP contribution in [0.25, 0.3) is 0 Å². The summed E-state index contributed by atoms with van der Waals surface area (Å²) in [6.45, 7) is 4.34. The van der Waals surface area contributed by atoms with Crippen molar-refractivity contribution in [3.63, 3.8) is 0 Å². The predicted octanol–water partition coefficient (Wildman–Crippen LogP) is 1.76. The second kappa shape index (κ2) is 4.65. The van der Waals surface area contributed by atoms with E-state index < -0.39 is 0 Å². The average Bonchev–Trinajstić information content (AvgIpc) is 2.59. The van der Waals surface area contributed by atoms with Crippen LogP contribution in [-0.2, 0) is 0 Å². The molecule has 1 aromatic heterocycles. The number of halogens is 2. The molecule has 0 aromatic carbocycles. The average molecular weight is 262 g/mol. The van der Waals surface area contributed by atoms with E-state index in [1.165, 1.54) is 0 Å². The van der Waals surface area contributed by atoms with Crippen LogP contribution in [0.4, 0.5) is 0 Å². The number of hydrogen-bond acceptors (Lipinski definition) is 2. The second-order valence-electron chi connectivity index (χ2n) is 3.90. The van der Waals surface area contributed by atoms with E-state index in [-0.39, 0.29) is 11.9 Å². The van der Waals surface area contributed by atoms with Gasteiger partial charge in [-0.15, -0.1) is 0 Å². The minimum absolute atomic E-state index is 0.0530. The number of nitrogens with zero attached hydrogens (tertiary/aromatic N) is 1. The zero-order valence-corrected chi connectivity index (χ0v) is 10.4. The van der Waals surface area contributed by atoms with Gasteiger partial charge in [0.1, 0.15) is 10.8 Å². The Labute approximate surface area is 104 Å². The largest absolute Gasteiger partial charge is 0.340 e. The first kappa shape index (κ1) is 11.8. The van der Waals surface area contributed by atoms with Gasteiger partial charge in [0.05, 0.1) is 5.02 Å². The minimum Gasteiger partial charge on any atom is -0.340 e. The van der Waals surface area contributed by atoms with E-state index in [0.29, 0.717) is 22.4 Å². The van der Waals surface area contributed by atoms with Gasteiger partial charge in [0.25, 0.3) is 5.91 Å². The van der Waals surface area contributed by atoms with Crippen LogP contribution in [-0.4, -0.2) is 41.5 Å². The van der Waals surface area contributed by atoms with Crippen LogP contribution in [0, 0.1) is 0 Å². The van der Waals surface area contributed by atoms with Crippen LogP contribution in [0.3, 0.4) is 0 Å². The van der Waals surface area contributed by atoms with Crippen molar-refractivity contribution in [1.29, 1.82) is 0 Å². The summed E-state index contributed by atoms with van der Waals surface area (Å²) in [7, 11) is 0. The molecular weight excluding hydrogens is 249 g/mol. The smallest absolute Gasteiger partial charge is 0.270 e. The summed E-state index contributed by atoms with van der Waals surface area (Å²) in [5.74, 6) is -0.0530. The monoisotopic (exact) mass is 261 g/mol. The molecule has 2 heterocycles. The number of piperazine rings is 1. The molecule has 6 heteroatoms. The number of nitrogens with one attached hydrogen (secondary N) is 2. The van der Waals surface area contributed by atoms with Crippen molar-refractivity contribution in [2.45, 2.75) is 13.0 Å². The van der Waals surface area contributed by atoms with Gasteiger partial charge >= 0.3 is 0 Å². The lowest BCUT2D eigenvalue weighted by Gasteiger charge is -2.33. The summed E-state index contributed by atoms with van der Waals surface area (Å²) in [5.41, 5.74) is 0.448. The number of rotatable bonds is 1. The maximum atomic E-state index is 12.1. The molecular formula is C10H13Cl2N3O. The van der Waals surface area contributed by atoms with Crippen LogP contribution in [0.1, 0.15) is 17.4 Å². The molecule has 0 bridgehead atoms. The van der Waals surface area contributed by atoms with E-state index in [2.05, 4.69) is 10.3 Å². The Morgan fingerprint density at radius 2 is 2.31 bits per heavy atom. The molecule has 0 saturated carbocycles. The van der Waals surface area contributed by atoms with E-state index in [1.54, 1.807) is 6.07 Å². The summed E-state index contributed by atoms with van der Waals surface area (Å²) >= 11 is 11.6. The highest BCUT2D eigenvalue weighted by Gasteiger charge is 2.25. The lowest BCUT2D eigenvalue weighted by molar-refractivity contribution is 0.0650.